The highest BCUT2D eigenvalue weighted by molar-refractivity contribution is 7.99. The van der Waals surface area contributed by atoms with Crippen molar-refractivity contribution in [2.24, 2.45) is 7.05 Å². The van der Waals surface area contributed by atoms with Gasteiger partial charge in [-0.3, -0.25) is 0 Å². The van der Waals surface area contributed by atoms with Crippen LogP contribution in [-0.2, 0) is 7.05 Å². The quantitative estimate of drug-likeness (QED) is 0.740. The molecule has 0 aliphatic rings. The molecule has 1 N–H and O–H groups in total. The molecule has 0 spiro atoms. The van der Waals surface area contributed by atoms with Crippen LogP contribution in [0.3, 0.4) is 0 Å². The summed E-state index contributed by atoms with van der Waals surface area (Å²) in [5.74, 6) is 0.649. The summed E-state index contributed by atoms with van der Waals surface area (Å²) in [6.45, 7) is 3.80. The predicted molar refractivity (Wildman–Crippen MR) is 52.6 cm³/mol. The molecule has 1 unspecified atom stereocenters. The topological polar surface area (TPSA) is 50.9 Å². The molecule has 1 atom stereocenters. The highest BCUT2D eigenvalue weighted by atomic mass is 32.2. The van der Waals surface area contributed by atoms with E-state index < -0.39 is 5.60 Å². The van der Waals surface area contributed by atoms with E-state index in [-0.39, 0.29) is 0 Å². The van der Waals surface area contributed by atoms with E-state index in [4.69, 9.17) is 0 Å². The van der Waals surface area contributed by atoms with Crippen LogP contribution in [0.5, 0.6) is 0 Å². The number of aromatic nitrogens is 3. The second-order valence-corrected chi connectivity index (χ2v) is 4.31. The molecular formula is C8H15N3OS. The molecule has 13 heavy (non-hydrogen) atoms. The number of nitrogens with zero attached hydrogens (tertiary/aromatic N) is 3. The summed E-state index contributed by atoms with van der Waals surface area (Å²) in [5.41, 5.74) is -0.614. The Hall–Kier alpha value is -0.550. The van der Waals surface area contributed by atoms with Crippen LogP contribution in [0, 0.1) is 0 Å². The van der Waals surface area contributed by atoms with Crippen LogP contribution in [0.2, 0.25) is 0 Å². The average molecular weight is 201 g/mol. The zero-order valence-corrected chi connectivity index (χ0v) is 9.01. The summed E-state index contributed by atoms with van der Waals surface area (Å²) in [6.07, 6.45) is 2.40. The number of hydrogen-bond donors (Lipinski definition) is 1. The lowest BCUT2D eigenvalue weighted by Gasteiger charge is -2.19. The molecule has 0 aliphatic heterocycles. The van der Waals surface area contributed by atoms with E-state index in [9.17, 15) is 5.11 Å². The Bertz CT molecular complexity index is 272. The fourth-order valence-corrected chi connectivity index (χ4v) is 1.73. The SMILES string of the molecule is CCC(C)(O)CSc1nncn1C. The largest absolute Gasteiger partial charge is 0.389 e. The number of rotatable bonds is 4. The molecule has 4 nitrogen and oxygen atoms in total. The number of hydrogen-bond acceptors (Lipinski definition) is 4. The summed E-state index contributed by atoms with van der Waals surface area (Å²) >= 11 is 1.52. The molecule has 74 valence electrons. The van der Waals surface area contributed by atoms with E-state index in [1.165, 1.54) is 11.8 Å². The van der Waals surface area contributed by atoms with Crippen molar-refractivity contribution < 1.29 is 5.11 Å². The minimum absolute atomic E-state index is 0.614. The molecule has 1 heterocycles. The zero-order valence-electron chi connectivity index (χ0n) is 8.19. The molecule has 0 amide bonds. The van der Waals surface area contributed by atoms with Crippen LogP contribution in [0.25, 0.3) is 0 Å². The van der Waals surface area contributed by atoms with Crippen molar-refractivity contribution in [3.63, 3.8) is 0 Å². The summed E-state index contributed by atoms with van der Waals surface area (Å²) in [7, 11) is 1.89. The number of aryl methyl sites for hydroxylation is 1. The summed E-state index contributed by atoms with van der Waals surface area (Å²) < 4.78 is 1.84. The summed E-state index contributed by atoms with van der Waals surface area (Å²) in [5, 5.41) is 18.3. The van der Waals surface area contributed by atoms with Crippen molar-refractivity contribution in [3.05, 3.63) is 6.33 Å². The molecule has 1 aromatic rings. The van der Waals surface area contributed by atoms with E-state index in [1.807, 2.05) is 25.5 Å². The Morgan fingerprint density at radius 3 is 2.85 bits per heavy atom. The van der Waals surface area contributed by atoms with Crippen molar-refractivity contribution in [2.75, 3.05) is 5.75 Å². The van der Waals surface area contributed by atoms with Gasteiger partial charge in [0, 0.05) is 12.8 Å². The van der Waals surface area contributed by atoms with Crippen LogP contribution in [0.4, 0.5) is 0 Å². The molecule has 0 saturated carbocycles. The fraction of sp³-hybridized carbons (Fsp3) is 0.750. The highest BCUT2D eigenvalue weighted by Crippen LogP contribution is 2.21. The lowest BCUT2D eigenvalue weighted by molar-refractivity contribution is 0.0815. The van der Waals surface area contributed by atoms with E-state index >= 15 is 0 Å². The van der Waals surface area contributed by atoms with E-state index in [0.717, 1.165) is 11.6 Å². The lowest BCUT2D eigenvalue weighted by atomic mass is 10.1. The molecule has 1 rings (SSSR count). The lowest BCUT2D eigenvalue weighted by Crippen LogP contribution is -2.25. The molecule has 0 bridgehead atoms. The van der Waals surface area contributed by atoms with Gasteiger partial charge in [-0.05, 0) is 13.3 Å². The predicted octanol–water partition coefficient (Wildman–Crippen LogP) is 1.07. The Morgan fingerprint density at radius 1 is 1.69 bits per heavy atom. The third-order valence-corrected chi connectivity index (χ3v) is 3.34. The molecule has 0 fully saturated rings. The van der Waals surface area contributed by atoms with Gasteiger partial charge in [-0.2, -0.15) is 0 Å². The number of thioether (sulfide) groups is 1. The Balaban J connectivity index is 2.48. The van der Waals surface area contributed by atoms with Gasteiger partial charge in [-0.15, -0.1) is 10.2 Å². The number of aliphatic hydroxyl groups is 1. The summed E-state index contributed by atoms with van der Waals surface area (Å²) in [4.78, 5) is 0. The molecule has 0 saturated heterocycles. The summed E-state index contributed by atoms with van der Waals surface area (Å²) in [6, 6.07) is 0. The second-order valence-electron chi connectivity index (χ2n) is 3.36. The monoisotopic (exact) mass is 201 g/mol. The fourth-order valence-electron chi connectivity index (χ4n) is 0.725. The van der Waals surface area contributed by atoms with E-state index in [1.54, 1.807) is 6.33 Å². The third-order valence-electron chi connectivity index (χ3n) is 1.94. The molecule has 0 aromatic carbocycles. The first-order valence-electron chi connectivity index (χ1n) is 4.24. The van der Waals surface area contributed by atoms with Gasteiger partial charge in [0.25, 0.3) is 0 Å². The maximum absolute atomic E-state index is 9.73. The smallest absolute Gasteiger partial charge is 0.190 e. The van der Waals surface area contributed by atoms with Crippen LogP contribution in [-0.4, -0.2) is 31.2 Å². The van der Waals surface area contributed by atoms with Gasteiger partial charge < -0.3 is 9.67 Å². The molecular weight excluding hydrogens is 186 g/mol. The van der Waals surface area contributed by atoms with Gasteiger partial charge in [0.05, 0.1) is 5.60 Å². The minimum atomic E-state index is -0.614. The van der Waals surface area contributed by atoms with Crippen molar-refractivity contribution in [2.45, 2.75) is 31.0 Å². The maximum Gasteiger partial charge on any atom is 0.190 e. The van der Waals surface area contributed by atoms with Crippen LogP contribution in [0.1, 0.15) is 20.3 Å². The van der Waals surface area contributed by atoms with Crippen LogP contribution in [0.15, 0.2) is 11.5 Å². The van der Waals surface area contributed by atoms with Crippen LogP contribution < -0.4 is 0 Å². The molecule has 1 aromatic heterocycles. The van der Waals surface area contributed by atoms with Crippen molar-refractivity contribution in [3.8, 4) is 0 Å². The van der Waals surface area contributed by atoms with Crippen molar-refractivity contribution >= 4 is 11.8 Å². The van der Waals surface area contributed by atoms with Gasteiger partial charge in [0.1, 0.15) is 6.33 Å². The first-order valence-corrected chi connectivity index (χ1v) is 5.23. The van der Waals surface area contributed by atoms with Gasteiger partial charge in [-0.1, -0.05) is 18.7 Å². The maximum atomic E-state index is 9.73. The highest BCUT2D eigenvalue weighted by Gasteiger charge is 2.18. The molecule has 5 heteroatoms. The van der Waals surface area contributed by atoms with E-state index in [0.29, 0.717) is 5.75 Å². The minimum Gasteiger partial charge on any atom is -0.389 e. The van der Waals surface area contributed by atoms with Crippen molar-refractivity contribution in [1.82, 2.24) is 14.8 Å². The van der Waals surface area contributed by atoms with Gasteiger partial charge in [0.15, 0.2) is 5.16 Å². The van der Waals surface area contributed by atoms with Crippen molar-refractivity contribution in [1.29, 1.82) is 0 Å². The zero-order chi connectivity index (χ0) is 9.90. The Kier molecular flexibility index (Phi) is 3.33. The Labute approximate surface area is 82.4 Å². The molecule has 0 aliphatic carbocycles. The average Bonchev–Trinajstić information content (AvgIpc) is 2.48. The first kappa shape index (κ1) is 10.5. The second kappa shape index (κ2) is 4.11. The standard InChI is InChI=1S/C8H15N3OS/c1-4-8(2,12)5-13-7-10-9-6-11(7)3/h6,12H,4-5H2,1-3H3. The van der Waals surface area contributed by atoms with Gasteiger partial charge in [0.2, 0.25) is 0 Å². The third kappa shape index (κ3) is 3.00. The normalized spacial score (nSPS) is 15.7. The molecule has 0 radical (unpaired) electrons. The van der Waals surface area contributed by atoms with E-state index in [2.05, 4.69) is 10.2 Å². The van der Waals surface area contributed by atoms with Crippen LogP contribution >= 0.6 is 11.8 Å². The van der Waals surface area contributed by atoms with Gasteiger partial charge in [-0.25, -0.2) is 0 Å². The Morgan fingerprint density at radius 2 is 2.38 bits per heavy atom. The first-order chi connectivity index (χ1) is 6.05. The van der Waals surface area contributed by atoms with Gasteiger partial charge >= 0.3 is 0 Å².